The molecule has 0 saturated heterocycles. The van der Waals surface area contributed by atoms with Crippen LogP contribution >= 0.6 is 11.3 Å². The molecule has 0 bridgehead atoms. The molecule has 0 aliphatic heterocycles. The predicted molar refractivity (Wildman–Crippen MR) is 207 cm³/mol. The Kier molecular flexibility index (Phi) is 6.64. The minimum atomic E-state index is 0.616. The van der Waals surface area contributed by atoms with Gasteiger partial charge in [0, 0.05) is 47.6 Å². The van der Waals surface area contributed by atoms with E-state index in [-0.39, 0.29) is 0 Å². The molecule has 0 aliphatic rings. The maximum absolute atomic E-state index is 6.21. The van der Waals surface area contributed by atoms with Crippen molar-refractivity contribution in [2.45, 2.75) is 0 Å². The number of hydrogen-bond acceptors (Lipinski definition) is 5. The predicted octanol–water partition coefficient (Wildman–Crippen LogP) is 12.5. The fraction of sp³-hybridized carbons (Fsp3) is 0. The first-order chi connectivity index (χ1) is 24.7. The molecule has 0 unspecified atom stereocenters. The lowest BCUT2D eigenvalue weighted by Crippen LogP contribution is -2.00. The highest BCUT2D eigenvalue weighted by Gasteiger charge is 2.18. The summed E-state index contributed by atoms with van der Waals surface area (Å²) in [6.45, 7) is 0. The fourth-order valence-electron chi connectivity index (χ4n) is 6.88. The molecule has 0 fully saturated rings. The molecule has 0 spiro atoms. The van der Waals surface area contributed by atoms with E-state index in [2.05, 4.69) is 103 Å². The smallest absolute Gasteiger partial charge is 0.164 e. The van der Waals surface area contributed by atoms with Gasteiger partial charge in [0.2, 0.25) is 0 Å². The summed E-state index contributed by atoms with van der Waals surface area (Å²) in [7, 11) is 0. The van der Waals surface area contributed by atoms with Gasteiger partial charge < -0.3 is 4.42 Å². The second kappa shape index (κ2) is 11.6. The van der Waals surface area contributed by atoms with E-state index in [0.717, 1.165) is 38.6 Å². The Morgan fingerprint density at radius 2 is 0.880 bits per heavy atom. The Morgan fingerprint density at radius 3 is 1.62 bits per heavy atom. The standard InChI is InChI=1S/C45H27N3OS/c1-3-10-28(11-4-1)29-18-20-30(21-19-29)32-22-24-34-35-25-23-33(27-41(35)50-40(34)26-32)44-46-43(31-12-5-2-6-13-31)47-45(48-44)37-15-9-17-39-42(37)36-14-7-8-16-38(36)49-39/h1-27H. The summed E-state index contributed by atoms with van der Waals surface area (Å²) in [5, 5.41) is 4.53. The van der Waals surface area contributed by atoms with Gasteiger partial charge in [-0.25, -0.2) is 15.0 Å². The quantitative estimate of drug-likeness (QED) is 0.185. The summed E-state index contributed by atoms with van der Waals surface area (Å²) in [5.74, 6) is 1.89. The molecule has 234 valence electrons. The highest BCUT2D eigenvalue weighted by molar-refractivity contribution is 7.25. The van der Waals surface area contributed by atoms with Gasteiger partial charge in [0.25, 0.3) is 0 Å². The molecule has 0 N–H and O–H groups in total. The summed E-state index contributed by atoms with van der Waals surface area (Å²) in [5.41, 5.74) is 9.32. The summed E-state index contributed by atoms with van der Waals surface area (Å²) < 4.78 is 8.66. The van der Waals surface area contributed by atoms with Crippen LogP contribution in [0.1, 0.15) is 0 Å². The van der Waals surface area contributed by atoms with Crippen molar-refractivity contribution in [2.24, 2.45) is 0 Å². The van der Waals surface area contributed by atoms with Crippen molar-refractivity contribution >= 4 is 53.4 Å². The molecule has 7 aromatic carbocycles. The monoisotopic (exact) mass is 657 g/mol. The van der Waals surface area contributed by atoms with Crippen LogP contribution in [0.2, 0.25) is 0 Å². The van der Waals surface area contributed by atoms with Crippen LogP contribution in [0.5, 0.6) is 0 Å². The Hall–Kier alpha value is -6.43. The number of fused-ring (bicyclic) bond motifs is 6. The molecule has 4 nitrogen and oxygen atoms in total. The number of rotatable bonds is 5. The zero-order valence-electron chi connectivity index (χ0n) is 26.7. The van der Waals surface area contributed by atoms with E-state index < -0.39 is 0 Å². The third kappa shape index (κ3) is 4.87. The van der Waals surface area contributed by atoms with Gasteiger partial charge in [-0.1, -0.05) is 140 Å². The lowest BCUT2D eigenvalue weighted by molar-refractivity contribution is 0.669. The number of hydrogen-bond donors (Lipinski definition) is 0. The largest absolute Gasteiger partial charge is 0.456 e. The van der Waals surface area contributed by atoms with Gasteiger partial charge in [-0.3, -0.25) is 0 Å². The average Bonchev–Trinajstić information content (AvgIpc) is 3.76. The third-order valence-electron chi connectivity index (χ3n) is 9.37. The Labute approximate surface area is 292 Å². The first kappa shape index (κ1) is 28.6. The SMILES string of the molecule is c1ccc(-c2ccc(-c3ccc4c(c3)sc3cc(-c5nc(-c6ccccc6)nc(-c6cccc7oc8ccccc8c67)n5)ccc34)cc2)cc1. The highest BCUT2D eigenvalue weighted by Crippen LogP contribution is 2.40. The minimum absolute atomic E-state index is 0.616. The minimum Gasteiger partial charge on any atom is -0.456 e. The zero-order chi connectivity index (χ0) is 33.0. The van der Waals surface area contributed by atoms with E-state index in [9.17, 15) is 0 Å². The molecule has 3 heterocycles. The molecular weight excluding hydrogens is 631 g/mol. The summed E-state index contributed by atoms with van der Waals surface area (Å²) in [4.78, 5) is 15.2. The normalized spacial score (nSPS) is 11.6. The van der Waals surface area contributed by atoms with E-state index in [4.69, 9.17) is 19.4 Å². The number of thiophene rings is 1. The Bertz CT molecular complexity index is 2860. The Morgan fingerprint density at radius 1 is 0.360 bits per heavy atom. The lowest BCUT2D eigenvalue weighted by atomic mass is 9.99. The first-order valence-electron chi connectivity index (χ1n) is 16.6. The average molecular weight is 658 g/mol. The van der Waals surface area contributed by atoms with E-state index >= 15 is 0 Å². The number of furan rings is 1. The molecule has 0 atom stereocenters. The van der Waals surface area contributed by atoms with Crippen molar-refractivity contribution in [2.75, 3.05) is 0 Å². The van der Waals surface area contributed by atoms with Gasteiger partial charge in [-0.05, 0) is 46.5 Å². The molecule has 0 radical (unpaired) electrons. The molecule has 3 aromatic heterocycles. The molecule has 0 saturated carbocycles. The second-order valence-electron chi connectivity index (χ2n) is 12.4. The molecule has 5 heteroatoms. The number of benzene rings is 7. The maximum atomic E-state index is 6.21. The highest BCUT2D eigenvalue weighted by atomic mass is 32.1. The molecule has 10 aromatic rings. The first-order valence-corrected chi connectivity index (χ1v) is 17.4. The van der Waals surface area contributed by atoms with Crippen LogP contribution in [-0.2, 0) is 0 Å². The van der Waals surface area contributed by atoms with Crippen molar-refractivity contribution < 1.29 is 4.42 Å². The molecule has 0 amide bonds. The van der Waals surface area contributed by atoms with Gasteiger partial charge in [0.1, 0.15) is 11.2 Å². The van der Waals surface area contributed by atoms with Crippen LogP contribution in [0.4, 0.5) is 0 Å². The van der Waals surface area contributed by atoms with Crippen molar-refractivity contribution in [3.8, 4) is 56.4 Å². The fourth-order valence-corrected chi connectivity index (χ4v) is 8.07. The molecule has 0 aliphatic carbocycles. The maximum Gasteiger partial charge on any atom is 0.164 e. The van der Waals surface area contributed by atoms with Crippen LogP contribution in [-0.4, -0.2) is 15.0 Å². The van der Waals surface area contributed by atoms with Crippen molar-refractivity contribution in [3.05, 3.63) is 164 Å². The summed E-state index contributed by atoms with van der Waals surface area (Å²) >= 11 is 1.80. The van der Waals surface area contributed by atoms with Gasteiger partial charge in [-0.15, -0.1) is 11.3 Å². The van der Waals surface area contributed by atoms with Gasteiger partial charge in [0.15, 0.2) is 17.5 Å². The topological polar surface area (TPSA) is 51.8 Å². The molecule has 50 heavy (non-hydrogen) atoms. The van der Waals surface area contributed by atoms with Crippen molar-refractivity contribution in [1.82, 2.24) is 15.0 Å². The van der Waals surface area contributed by atoms with E-state index in [1.807, 2.05) is 60.7 Å². The summed E-state index contributed by atoms with van der Waals surface area (Å²) in [6, 6.07) is 57.0. The lowest BCUT2D eigenvalue weighted by Gasteiger charge is -2.09. The molecule has 10 rings (SSSR count). The van der Waals surface area contributed by atoms with Crippen LogP contribution in [0.15, 0.2) is 168 Å². The third-order valence-corrected chi connectivity index (χ3v) is 10.5. The van der Waals surface area contributed by atoms with E-state index in [1.54, 1.807) is 11.3 Å². The number of aromatic nitrogens is 3. The van der Waals surface area contributed by atoms with Crippen LogP contribution in [0.25, 0.3) is 98.5 Å². The number of para-hydroxylation sites is 1. The summed E-state index contributed by atoms with van der Waals surface area (Å²) in [6.07, 6.45) is 0. The Balaban J connectivity index is 1.08. The van der Waals surface area contributed by atoms with Crippen LogP contribution in [0.3, 0.4) is 0 Å². The van der Waals surface area contributed by atoms with Gasteiger partial charge in [0.05, 0.1) is 0 Å². The van der Waals surface area contributed by atoms with E-state index in [1.165, 1.54) is 42.4 Å². The van der Waals surface area contributed by atoms with Gasteiger partial charge >= 0.3 is 0 Å². The van der Waals surface area contributed by atoms with Crippen LogP contribution < -0.4 is 0 Å². The molecular formula is C45H27N3OS. The zero-order valence-corrected chi connectivity index (χ0v) is 27.6. The van der Waals surface area contributed by atoms with Crippen molar-refractivity contribution in [3.63, 3.8) is 0 Å². The van der Waals surface area contributed by atoms with Crippen molar-refractivity contribution in [1.29, 1.82) is 0 Å². The van der Waals surface area contributed by atoms with Gasteiger partial charge in [-0.2, -0.15) is 0 Å². The van der Waals surface area contributed by atoms with Crippen LogP contribution in [0, 0.1) is 0 Å². The van der Waals surface area contributed by atoms with E-state index in [0.29, 0.717) is 17.5 Å². The number of nitrogens with zero attached hydrogens (tertiary/aromatic N) is 3. The second-order valence-corrected chi connectivity index (χ2v) is 13.5.